The van der Waals surface area contributed by atoms with Crippen LogP contribution in [0.15, 0.2) is 42.5 Å². The van der Waals surface area contributed by atoms with Crippen LogP contribution in [-0.2, 0) is 18.3 Å². The van der Waals surface area contributed by atoms with Gasteiger partial charge >= 0.3 is 11.8 Å². The average Bonchev–Trinajstić information content (AvgIpc) is 2.79. The fourth-order valence-corrected chi connectivity index (χ4v) is 5.27. The summed E-state index contributed by atoms with van der Waals surface area (Å²) in [4.78, 5) is 0. The predicted molar refractivity (Wildman–Crippen MR) is 124 cm³/mol. The summed E-state index contributed by atoms with van der Waals surface area (Å²) in [7, 11) is 0. The Morgan fingerprint density at radius 2 is 1.31 bits per heavy atom. The highest BCUT2D eigenvalue weighted by Gasteiger charge is 2.63. The largest absolute Gasteiger partial charge is 0.340 e. The summed E-state index contributed by atoms with van der Waals surface area (Å²) in [5.41, 5.74) is -0.231. The predicted octanol–water partition coefficient (Wildman–Crippen LogP) is 9.51. The van der Waals surface area contributed by atoms with Crippen LogP contribution in [0.5, 0.6) is 0 Å². The smallest absolute Gasteiger partial charge is 0.194 e. The Labute approximate surface area is 190 Å². The van der Waals surface area contributed by atoms with Gasteiger partial charge in [-0.3, -0.25) is 0 Å². The van der Waals surface area contributed by atoms with E-state index in [2.05, 4.69) is 20.8 Å². The maximum absolute atomic E-state index is 15.2. The second-order valence-electron chi connectivity index (χ2n) is 9.36. The minimum absolute atomic E-state index is 0.217. The van der Waals surface area contributed by atoms with Crippen molar-refractivity contribution >= 4 is 0 Å². The number of hydrogen-bond acceptors (Lipinski definition) is 0. The van der Waals surface area contributed by atoms with Crippen LogP contribution in [0.25, 0.3) is 11.1 Å². The SMILES string of the molecule is CCCC(CC)CCCCC(CC)Cc1cccc2c1C(F)(F)C(F)(F)c1ccccc1-2. The van der Waals surface area contributed by atoms with Gasteiger partial charge in [0.2, 0.25) is 0 Å². The minimum Gasteiger partial charge on any atom is -0.194 e. The van der Waals surface area contributed by atoms with Crippen LogP contribution in [0.4, 0.5) is 17.6 Å². The fourth-order valence-electron chi connectivity index (χ4n) is 5.27. The lowest BCUT2D eigenvalue weighted by Gasteiger charge is -2.36. The normalized spacial score (nSPS) is 18.0. The first-order chi connectivity index (χ1) is 15.3. The quantitative estimate of drug-likeness (QED) is 0.237. The summed E-state index contributed by atoms with van der Waals surface area (Å²) < 4.78 is 60.3. The third-order valence-corrected chi connectivity index (χ3v) is 7.25. The zero-order valence-electron chi connectivity index (χ0n) is 19.6. The molecule has 2 aromatic rings. The van der Waals surface area contributed by atoms with E-state index in [4.69, 9.17) is 0 Å². The molecular formula is C28H36F4. The number of benzene rings is 2. The molecule has 1 aliphatic carbocycles. The molecule has 2 atom stereocenters. The molecule has 2 aromatic carbocycles. The zero-order valence-corrected chi connectivity index (χ0v) is 19.6. The molecule has 0 nitrogen and oxygen atoms in total. The molecule has 0 heterocycles. The molecule has 0 saturated carbocycles. The van der Waals surface area contributed by atoms with Crippen LogP contribution in [0.3, 0.4) is 0 Å². The molecule has 0 saturated heterocycles. The topological polar surface area (TPSA) is 0 Å². The van der Waals surface area contributed by atoms with E-state index in [1.165, 1.54) is 37.8 Å². The van der Waals surface area contributed by atoms with Crippen molar-refractivity contribution in [1.29, 1.82) is 0 Å². The van der Waals surface area contributed by atoms with Gasteiger partial charge in [-0.15, -0.1) is 0 Å². The maximum Gasteiger partial charge on any atom is 0.340 e. The molecule has 32 heavy (non-hydrogen) atoms. The van der Waals surface area contributed by atoms with Gasteiger partial charge in [-0.05, 0) is 34.9 Å². The van der Waals surface area contributed by atoms with Gasteiger partial charge in [0.25, 0.3) is 0 Å². The van der Waals surface area contributed by atoms with E-state index in [0.29, 0.717) is 12.0 Å². The van der Waals surface area contributed by atoms with Crippen molar-refractivity contribution in [1.82, 2.24) is 0 Å². The fraction of sp³-hybridized carbons (Fsp3) is 0.571. The van der Waals surface area contributed by atoms with Gasteiger partial charge in [-0.1, -0.05) is 115 Å². The first-order valence-corrected chi connectivity index (χ1v) is 12.3. The van der Waals surface area contributed by atoms with E-state index in [9.17, 15) is 8.78 Å². The first kappa shape index (κ1) is 24.8. The van der Waals surface area contributed by atoms with E-state index in [1.807, 2.05) is 0 Å². The molecule has 0 amide bonds. The molecule has 0 fully saturated rings. The van der Waals surface area contributed by atoms with Crippen molar-refractivity contribution < 1.29 is 17.6 Å². The monoisotopic (exact) mass is 448 g/mol. The summed E-state index contributed by atoms with van der Waals surface area (Å²) in [6.45, 7) is 6.52. The summed E-state index contributed by atoms with van der Waals surface area (Å²) >= 11 is 0. The van der Waals surface area contributed by atoms with Crippen molar-refractivity contribution in [3.63, 3.8) is 0 Å². The number of hydrogen-bond donors (Lipinski definition) is 0. The highest BCUT2D eigenvalue weighted by Crippen LogP contribution is 2.58. The van der Waals surface area contributed by atoms with Crippen LogP contribution >= 0.6 is 0 Å². The van der Waals surface area contributed by atoms with Crippen molar-refractivity contribution in [2.45, 2.75) is 90.4 Å². The van der Waals surface area contributed by atoms with Crippen LogP contribution in [0.1, 0.15) is 88.8 Å². The molecule has 1 aliphatic rings. The number of unbranched alkanes of at least 4 members (excludes halogenated alkanes) is 1. The highest BCUT2D eigenvalue weighted by molar-refractivity contribution is 5.77. The molecule has 0 radical (unpaired) electrons. The number of halogens is 4. The minimum atomic E-state index is -4.22. The van der Waals surface area contributed by atoms with Crippen molar-refractivity contribution in [2.24, 2.45) is 11.8 Å². The summed E-state index contributed by atoms with van der Waals surface area (Å²) in [6, 6.07) is 10.6. The number of fused-ring (bicyclic) bond motifs is 3. The molecule has 3 rings (SSSR count). The number of alkyl halides is 4. The van der Waals surface area contributed by atoms with E-state index in [1.54, 1.807) is 24.3 Å². The molecular weight excluding hydrogens is 412 g/mol. The summed E-state index contributed by atoms with van der Waals surface area (Å²) in [5, 5.41) is 0. The van der Waals surface area contributed by atoms with Crippen LogP contribution in [-0.4, -0.2) is 0 Å². The van der Waals surface area contributed by atoms with Gasteiger partial charge < -0.3 is 0 Å². The third-order valence-electron chi connectivity index (χ3n) is 7.25. The van der Waals surface area contributed by atoms with Crippen LogP contribution < -0.4 is 0 Å². The van der Waals surface area contributed by atoms with E-state index >= 15 is 8.78 Å². The second-order valence-corrected chi connectivity index (χ2v) is 9.36. The van der Waals surface area contributed by atoms with Crippen LogP contribution in [0.2, 0.25) is 0 Å². The van der Waals surface area contributed by atoms with E-state index in [-0.39, 0.29) is 17.0 Å². The molecule has 0 aromatic heterocycles. The molecule has 2 unspecified atom stereocenters. The van der Waals surface area contributed by atoms with Gasteiger partial charge in [0.15, 0.2) is 0 Å². The molecule has 0 N–H and O–H groups in total. The van der Waals surface area contributed by atoms with Crippen molar-refractivity contribution in [3.05, 3.63) is 59.2 Å². The second kappa shape index (κ2) is 10.4. The van der Waals surface area contributed by atoms with Gasteiger partial charge in [0, 0.05) is 11.1 Å². The molecule has 0 aliphatic heterocycles. The first-order valence-electron chi connectivity index (χ1n) is 12.3. The van der Waals surface area contributed by atoms with Gasteiger partial charge in [0.05, 0.1) is 0 Å². The molecule has 176 valence electrons. The average molecular weight is 449 g/mol. The Hall–Kier alpha value is -1.84. The molecule has 0 bridgehead atoms. The van der Waals surface area contributed by atoms with Crippen molar-refractivity contribution in [2.75, 3.05) is 0 Å². The van der Waals surface area contributed by atoms with Gasteiger partial charge in [-0.25, -0.2) is 0 Å². The van der Waals surface area contributed by atoms with Crippen molar-refractivity contribution in [3.8, 4) is 11.1 Å². The third kappa shape index (κ3) is 4.75. The standard InChI is InChI=1S/C28H36F4/c1-4-12-20(5-2)13-7-8-14-21(6-3)19-22-15-11-17-24-23-16-9-10-18-25(23)27(29,30)28(31,32)26(22)24/h9-11,15-18,20-21H,4-8,12-14,19H2,1-3H3. The lowest BCUT2D eigenvalue weighted by molar-refractivity contribution is -0.225. The Bertz CT molecular complexity index is 887. The van der Waals surface area contributed by atoms with Gasteiger partial charge in [-0.2, -0.15) is 17.6 Å². The molecule has 0 spiro atoms. The zero-order chi connectivity index (χ0) is 23.4. The Morgan fingerprint density at radius 1 is 0.688 bits per heavy atom. The summed E-state index contributed by atoms with van der Waals surface area (Å²) in [5.74, 6) is -7.46. The van der Waals surface area contributed by atoms with E-state index < -0.39 is 23.0 Å². The number of rotatable bonds is 11. The van der Waals surface area contributed by atoms with E-state index in [0.717, 1.165) is 37.7 Å². The molecule has 4 heteroatoms. The lowest BCUT2D eigenvalue weighted by atomic mass is 9.76. The van der Waals surface area contributed by atoms with Gasteiger partial charge in [0.1, 0.15) is 0 Å². The van der Waals surface area contributed by atoms with Crippen LogP contribution in [0, 0.1) is 11.8 Å². The Balaban J connectivity index is 1.81. The highest BCUT2D eigenvalue weighted by atomic mass is 19.3. The Kier molecular flexibility index (Phi) is 8.06. The summed E-state index contributed by atoms with van der Waals surface area (Å²) in [6.07, 6.45) is 9.29. The maximum atomic E-state index is 15.2. The Morgan fingerprint density at radius 3 is 1.97 bits per heavy atom. The lowest BCUT2D eigenvalue weighted by Crippen LogP contribution is -2.40.